The molecule has 18 heavy (non-hydrogen) atoms. The number of hydrogen-bond acceptors (Lipinski definition) is 5. The first-order valence-corrected chi connectivity index (χ1v) is 6.23. The fourth-order valence-corrected chi connectivity index (χ4v) is 2.06. The Balaban J connectivity index is 2.46. The molecule has 1 N–H and O–H groups in total. The molecule has 0 aliphatic carbocycles. The highest BCUT2D eigenvalue weighted by Gasteiger charge is 2.39. The summed E-state index contributed by atoms with van der Waals surface area (Å²) >= 11 is 0. The van der Waals surface area contributed by atoms with Crippen molar-refractivity contribution >= 4 is 11.9 Å². The third-order valence-corrected chi connectivity index (χ3v) is 2.96. The lowest BCUT2D eigenvalue weighted by atomic mass is 10.2. The van der Waals surface area contributed by atoms with Crippen LogP contribution in [0.3, 0.4) is 0 Å². The predicted octanol–water partition coefficient (Wildman–Crippen LogP) is -0.0621. The molecule has 2 unspecified atom stereocenters. The van der Waals surface area contributed by atoms with Gasteiger partial charge in [0.15, 0.2) is 0 Å². The lowest BCUT2D eigenvalue weighted by molar-refractivity contribution is -0.151. The summed E-state index contributed by atoms with van der Waals surface area (Å²) in [7, 11) is 1.28. The zero-order valence-corrected chi connectivity index (χ0v) is 10.9. The Bertz CT molecular complexity index is 294. The lowest BCUT2D eigenvalue weighted by Crippen LogP contribution is -2.41. The van der Waals surface area contributed by atoms with Crippen molar-refractivity contribution in [3.63, 3.8) is 0 Å². The number of carbonyl (C=O) groups is 2. The number of esters is 1. The van der Waals surface area contributed by atoms with Crippen LogP contribution in [-0.4, -0.2) is 60.9 Å². The molecule has 1 fully saturated rings. The molecule has 6 heteroatoms. The van der Waals surface area contributed by atoms with Gasteiger partial charge in [-0.1, -0.05) is 0 Å². The topological polar surface area (TPSA) is 76.1 Å². The third kappa shape index (κ3) is 3.96. The van der Waals surface area contributed by atoms with Crippen molar-refractivity contribution in [1.82, 2.24) is 4.90 Å². The van der Waals surface area contributed by atoms with Crippen LogP contribution in [0, 0.1) is 0 Å². The second-order valence-electron chi connectivity index (χ2n) is 4.28. The standard InChI is InChI=1S/C12H21NO5/c1-3-18-6-4-5-11(15)13-8-9(14)7-10(13)12(16)17-2/h9-10,14H,3-8H2,1-2H3. The van der Waals surface area contributed by atoms with E-state index in [-0.39, 0.29) is 18.9 Å². The van der Waals surface area contributed by atoms with Crippen LogP contribution in [0.5, 0.6) is 0 Å². The number of nitrogens with zero attached hydrogens (tertiary/aromatic N) is 1. The summed E-state index contributed by atoms with van der Waals surface area (Å²) in [6, 6.07) is -0.649. The molecular formula is C12H21NO5. The first kappa shape index (κ1) is 14.9. The van der Waals surface area contributed by atoms with E-state index in [2.05, 4.69) is 4.74 Å². The highest BCUT2D eigenvalue weighted by molar-refractivity contribution is 5.85. The molecule has 0 aromatic carbocycles. The zero-order chi connectivity index (χ0) is 13.5. The van der Waals surface area contributed by atoms with E-state index in [0.717, 1.165) is 0 Å². The van der Waals surface area contributed by atoms with Crippen LogP contribution in [-0.2, 0) is 19.1 Å². The number of aliphatic hydroxyl groups excluding tert-OH is 1. The van der Waals surface area contributed by atoms with E-state index < -0.39 is 18.1 Å². The molecule has 1 rings (SSSR count). The number of amides is 1. The molecule has 1 heterocycles. The molecule has 1 aliphatic rings. The van der Waals surface area contributed by atoms with Gasteiger partial charge in [0.1, 0.15) is 6.04 Å². The number of carbonyl (C=O) groups excluding carboxylic acids is 2. The van der Waals surface area contributed by atoms with Gasteiger partial charge >= 0.3 is 5.97 Å². The number of methoxy groups -OCH3 is 1. The van der Waals surface area contributed by atoms with Crippen molar-refractivity contribution < 1.29 is 24.2 Å². The molecule has 104 valence electrons. The van der Waals surface area contributed by atoms with E-state index in [4.69, 9.17) is 4.74 Å². The molecule has 0 aromatic rings. The monoisotopic (exact) mass is 259 g/mol. The Hall–Kier alpha value is -1.14. The van der Waals surface area contributed by atoms with E-state index in [9.17, 15) is 14.7 Å². The number of rotatable bonds is 6. The van der Waals surface area contributed by atoms with Gasteiger partial charge in [0.25, 0.3) is 0 Å². The summed E-state index contributed by atoms with van der Waals surface area (Å²) in [4.78, 5) is 24.8. The summed E-state index contributed by atoms with van der Waals surface area (Å²) in [5, 5.41) is 9.55. The average Bonchev–Trinajstić information content (AvgIpc) is 2.75. The number of β-amino-alcohol motifs (C(OH)–C–C–N with tert-alkyl or cyclic N) is 1. The Morgan fingerprint density at radius 3 is 2.78 bits per heavy atom. The van der Waals surface area contributed by atoms with Crippen LogP contribution in [0.4, 0.5) is 0 Å². The first-order chi connectivity index (χ1) is 8.60. The van der Waals surface area contributed by atoms with Gasteiger partial charge in [0.05, 0.1) is 13.2 Å². The van der Waals surface area contributed by atoms with Crippen molar-refractivity contribution in [1.29, 1.82) is 0 Å². The number of aliphatic hydroxyl groups is 1. The quantitative estimate of drug-likeness (QED) is 0.534. The van der Waals surface area contributed by atoms with Crippen molar-refractivity contribution in [2.24, 2.45) is 0 Å². The fraction of sp³-hybridized carbons (Fsp3) is 0.833. The molecule has 1 saturated heterocycles. The van der Waals surface area contributed by atoms with Crippen LogP contribution < -0.4 is 0 Å². The predicted molar refractivity (Wildman–Crippen MR) is 63.9 cm³/mol. The molecule has 0 radical (unpaired) electrons. The van der Waals surface area contributed by atoms with Crippen molar-refractivity contribution in [3.8, 4) is 0 Å². The van der Waals surface area contributed by atoms with E-state index in [1.54, 1.807) is 0 Å². The summed E-state index contributed by atoms with van der Waals surface area (Å²) in [5.41, 5.74) is 0. The van der Waals surface area contributed by atoms with E-state index in [0.29, 0.717) is 26.1 Å². The molecule has 0 spiro atoms. The molecule has 0 bridgehead atoms. The highest BCUT2D eigenvalue weighted by Crippen LogP contribution is 2.20. The van der Waals surface area contributed by atoms with Gasteiger partial charge < -0.3 is 19.5 Å². The summed E-state index contributed by atoms with van der Waals surface area (Å²) in [6.07, 6.45) is 0.544. The van der Waals surface area contributed by atoms with Crippen LogP contribution in [0.1, 0.15) is 26.2 Å². The molecular weight excluding hydrogens is 238 g/mol. The van der Waals surface area contributed by atoms with Gasteiger partial charge in [0, 0.05) is 32.6 Å². The average molecular weight is 259 g/mol. The van der Waals surface area contributed by atoms with Crippen molar-refractivity contribution in [2.75, 3.05) is 26.9 Å². The van der Waals surface area contributed by atoms with Crippen LogP contribution in [0.25, 0.3) is 0 Å². The fourth-order valence-electron chi connectivity index (χ4n) is 2.06. The normalized spacial score (nSPS) is 23.2. The second-order valence-corrected chi connectivity index (χ2v) is 4.28. The SMILES string of the molecule is CCOCCCC(=O)N1CC(O)CC1C(=O)OC. The minimum absolute atomic E-state index is 0.137. The van der Waals surface area contributed by atoms with E-state index >= 15 is 0 Å². The van der Waals surface area contributed by atoms with Crippen LogP contribution >= 0.6 is 0 Å². The Morgan fingerprint density at radius 2 is 2.17 bits per heavy atom. The van der Waals surface area contributed by atoms with E-state index in [1.165, 1.54) is 12.0 Å². The van der Waals surface area contributed by atoms with Gasteiger partial charge in [0.2, 0.25) is 5.91 Å². The largest absolute Gasteiger partial charge is 0.467 e. The second kappa shape index (κ2) is 7.33. The molecule has 1 aliphatic heterocycles. The Labute approximate surface area is 107 Å². The highest BCUT2D eigenvalue weighted by atomic mass is 16.5. The Morgan fingerprint density at radius 1 is 1.44 bits per heavy atom. The van der Waals surface area contributed by atoms with E-state index in [1.807, 2.05) is 6.92 Å². The first-order valence-electron chi connectivity index (χ1n) is 6.23. The van der Waals surface area contributed by atoms with Crippen molar-refractivity contribution in [2.45, 2.75) is 38.3 Å². The molecule has 0 saturated carbocycles. The summed E-state index contributed by atoms with van der Waals surface area (Å²) in [5.74, 6) is -0.605. The van der Waals surface area contributed by atoms with Crippen LogP contribution in [0.15, 0.2) is 0 Å². The number of hydrogen-bond donors (Lipinski definition) is 1. The van der Waals surface area contributed by atoms with Gasteiger partial charge in [-0.3, -0.25) is 4.79 Å². The maximum Gasteiger partial charge on any atom is 0.328 e. The zero-order valence-electron chi connectivity index (χ0n) is 10.9. The van der Waals surface area contributed by atoms with Crippen molar-refractivity contribution in [3.05, 3.63) is 0 Å². The maximum atomic E-state index is 11.9. The molecule has 6 nitrogen and oxygen atoms in total. The Kier molecular flexibility index (Phi) is 6.07. The molecule has 2 atom stereocenters. The minimum atomic E-state index is -0.649. The smallest absolute Gasteiger partial charge is 0.328 e. The summed E-state index contributed by atoms with van der Waals surface area (Å²) < 4.78 is 9.79. The maximum absolute atomic E-state index is 11.9. The minimum Gasteiger partial charge on any atom is -0.467 e. The van der Waals surface area contributed by atoms with Crippen LogP contribution in [0.2, 0.25) is 0 Å². The van der Waals surface area contributed by atoms with Gasteiger partial charge in [-0.05, 0) is 13.3 Å². The molecule has 1 amide bonds. The van der Waals surface area contributed by atoms with Gasteiger partial charge in [-0.15, -0.1) is 0 Å². The molecule has 0 aromatic heterocycles. The third-order valence-electron chi connectivity index (χ3n) is 2.96. The lowest BCUT2D eigenvalue weighted by Gasteiger charge is -2.22. The van der Waals surface area contributed by atoms with Gasteiger partial charge in [-0.2, -0.15) is 0 Å². The summed E-state index contributed by atoms with van der Waals surface area (Å²) in [6.45, 7) is 3.25. The van der Waals surface area contributed by atoms with Gasteiger partial charge in [-0.25, -0.2) is 4.79 Å². The number of likely N-dealkylation sites (tertiary alicyclic amines) is 1. The number of ether oxygens (including phenoxy) is 2.